The van der Waals surface area contributed by atoms with E-state index in [0.717, 1.165) is 35.1 Å². The fourth-order valence-corrected chi connectivity index (χ4v) is 5.05. The zero-order chi connectivity index (χ0) is 23.9. The van der Waals surface area contributed by atoms with Gasteiger partial charge >= 0.3 is 0 Å². The Labute approximate surface area is 218 Å². The lowest BCUT2D eigenvalue weighted by Gasteiger charge is -2.25. The number of nitrogens with one attached hydrogen (secondary N) is 3. The Morgan fingerprint density at radius 2 is 1.62 bits per heavy atom. The fourth-order valence-electron chi connectivity index (χ4n) is 3.83. The first-order valence-electron chi connectivity index (χ1n) is 10.9. The van der Waals surface area contributed by atoms with Crippen LogP contribution in [0.15, 0.2) is 53.7 Å². The van der Waals surface area contributed by atoms with Gasteiger partial charge in [0.15, 0.2) is 16.1 Å². The molecule has 0 radical (unpaired) electrons. The maximum atomic E-state index is 12.4. The van der Waals surface area contributed by atoms with Crippen molar-refractivity contribution in [3.63, 3.8) is 0 Å². The summed E-state index contributed by atoms with van der Waals surface area (Å²) in [6.07, 6.45) is 5.75. The van der Waals surface area contributed by atoms with Crippen LogP contribution in [-0.4, -0.2) is 31.5 Å². The predicted octanol–water partition coefficient (Wildman–Crippen LogP) is 5.87. The molecule has 7 nitrogen and oxygen atoms in total. The van der Waals surface area contributed by atoms with Crippen LogP contribution in [0.2, 0.25) is 10.0 Å². The number of aromatic nitrogens is 3. The lowest BCUT2D eigenvalue weighted by atomic mass is 9.95. The van der Waals surface area contributed by atoms with E-state index in [2.05, 4.69) is 30.9 Å². The van der Waals surface area contributed by atoms with Crippen molar-refractivity contribution >= 4 is 63.9 Å². The molecule has 1 aliphatic rings. The summed E-state index contributed by atoms with van der Waals surface area (Å²) in [4.78, 5) is 12.4. The van der Waals surface area contributed by atoms with E-state index in [1.54, 1.807) is 24.3 Å². The van der Waals surface area contributed by atoms with Crippen LogP contribution in [0.5, 0.6) is 0 Å². The third kappa shape index (κ3) is 6.63. The highest BCUT2D eigenvalue weighted by Crippen LogP contribution is 2.35. The zero-order valence-corrected chi connectivity index (χ0v) is 21.4. The van der Waals surface area contributed by atoms with Crippen LogP contribution >= 0.6 is 47.2 Å². The molecule has 4 rings (SSSR count). The van der Waals surface area contributed by atoms with Crippen molar-refractivity contribution in [3.8, 4) is 11.4 Å². The summed E-state index contributed by atoms with van der Waals surface area (Å²) in [6.45, 7) is 0. The molecule has 1 fully saturated rings. The Kier molecular flexibility index (Phi) is 8.66. The average molecular weight is 536 g/mol. The second-order valence-electron chi connectivity index (χ2n) is 7.90. The number of anilines is 1. The molecule has 3 N–H and O–H groups in total. The molecule has 1 saturated carbocycles. The summed E-state index contributed by atoms with van der Waals surface area (Å²) >= 11 is 18.5. The number of rotatable bonds is 6. The molecule has 11 heteroatoms. The molecule has 1 aromatic heterocycles. The minimum atomic E-state index is -0.225. The van der Waals surface area contributed by atoms with Gasteiger partial charge in [-0.05, 0) is 73.6 Å². The minimum absolute atomic E-state index is 0.169. The third-order valence-electron chi connectivity index (χ3n) is 5.46. The van der Waals surface area contributed by atoms with Crippen molar-refractivity contribution in [2.24, 2.45) is 0 Å². The topological polar surface area (TPSA) is 83.9 Å². The van der Waals surface area contributed by atoms with Crippen LogP contribution in [0.1, 0.15) is 38.1 Å². The molecule has 1 aliphatic carbocycles. The van der Waals surface area contributed by atoms with E-state index in [0.29, 0.717) is 16.1 Å². The molecular formula is C23H24Cl2N6OS2. The molecule has 178 valence electrons. The molecule has 2 aromatic carbocycles. The lowest BCUT2D eigenvalue weighted by Crippen LogP contribution is -2.44. The standard InChI is InChI=1S/C23H24Cl2N6OS2/c24-16-8-6-15(7-9-16)21-28-30-23(31(21)19-4-2-1-3-5-19)34-14-20(32)27-29-22(33)26-18-12-10-17(25)11-13-18/h6-13,19H,1-5,14H2,(H,27,32)(H2,26,29,33). The molecule has 0 aliphatic heterocycles. The van der Waals surface area contributed by atoms with E-state index in [1.165, 1.54) is 31.0 Å². The second-order valence-corrected chi connectivity index (χ2v) is 10.1. The number of amides is 1. The van der Waals surface area contributed by atoms with Crippen molar-refractivity contribution in [2.75, 3.05) is 11.1 Å². The number of benzene rings is 2. The molecule has 0 spiro atoms. The summed E-state index contributed by atoms with van der Waals surface area (Å²) in [7, 11) is 0. The number of halogens is 2. The van der Waals surface area contributed by atoms with Gasteiger partial charge in [0.2, 0.25) is 5.91 Å². The number of hydrazine groups is 1. The third-order valence-corrected chi connectivity index (χ3v) is 7.11. The van der Waals surface area contributed by atoms with E-state index in [9.17, 15) is 4.79 Å². The van der Waals surface area contributed by atoms with Crippen LogP contribution in [0.4, 0.5) is 5.69 Å². The van der Waals surface area contributed by atoms with Gasteiger partial charge in [-0.15, -0.1) is 10.2 Å². The van der Waals surface area contributed by atoms with Crippen LogP contribution in [0, 0.1) is 0 Å². The molecule has 1 heterocycles. The Balaban J connectivity index is 1.37. The number of nitrogens with zero attached hydrogens (tertiary/aromatic N) is 3. The first-order valence-corrected chi connectivity index (χ1v) is 13.1. The maximum Gasteiger partial charge on any atom is 0.248 e. The van der Waals surface area contributed by atoms with Crippen molar-refractivity contribution in [1.82, 2.24) is 25.6 Å². The normalized spacial score (nSPS) is 13.9. The highest BCUT2D eigenvalue weighted by Gasteiger charge is 2.24. The molecule has 0 saturated heterocycles. The van der Waals surface area contributed by atoms with Gasteiger partial charge in [0.25, 0.3) is 0 Å². The summed E-state index contributed by atoms with van der Waals surface area (Å²) < 4.78 is 2.18. The zero-order valence-electron chi connectivity index (χ0n) is 18.3. The second kappa shape index (κ2) is 11.9. The van der Waals surface area contributed by atoms with Gasteiger partial charge in [-0.2, -0.15) is 0 Å². The summed E-state index contributed by atoms with van der Waals surface area (Å²) in [5.41, 5.74) is 7.05. The maximum absolute atomic E-state index is 12.4. The van der Waals surface area contributed by atoms with Gasteiger partial charge in [0.1, 0.15) is 0 Å². The van der Waals surface area contributed by atoms with E-state index in [-0.39, 0.29) is 16.8 Å². The van der Waals surface area contributed by atoms with E-state index >= 15 is 0 Å². The highest BCUT2D eigenvalue weighted by molar-refractivity contribution is 7.99. The summed E-state index contributed by atoms with van der Waals surface area (Å²) in [5, 5.41) is 14.2. The molecular weight excluding hydrogens is 511 g/mol. The number of thioether (sulfide) groups is 1. The van der Waals surface area contributed by atoms with E-state index < -0.39 is 0 Å². The molecule has 1 amide bonds. The van der Waals surface area contributed by atoms with Crippen LogP contribution < -0.4 is 16.2 Å². The smallest absolute Gasteiger partial charge is 0.248 e. The van der Waals surface area contributed by atoms with Crippen molar-refractivity contribution in [2.45, 2.75) is 43.3 Å². The van der Waals surface area contributed by atoms with Crippen molar-refractivity contribution < 1.29 is 4.79 Å². The van der Waals surface area contributed by atoms with Gasteiger partial charge in [0.05, 0.1) is 5.75 Å². The Bertz CT molecular complexity index is 1130. The first kappa shape index (κ1) is 24.8. The first-order chi connectivity index (χ1) is 16.5. The van der Waals surface area contributed by atoms with Gasteiger partial charge in [-0.25, -0.2) is 0 Å². The largest absolute Gasteiger partial charge is 0.331 e. The van der Waals surface area contributed by atoms with E-state index in [1.807, 2.05) is 24.3 Å². The summed E-state index contributed by atoms with van der Waals surface area (Å²) in [5.74, 6) is 0.747. The molecule has 34 heavy (non-hydrogen) atoms. The fraction of sp³-hybridized carbons (Fsp3) is 0.304. The molecule has 0 bridgehead atoms. The molecule has 3 aromatic rings. The van der Waals surface area contributed by atoms with Crippen LogP contribution in [0.3, 0.4) is 0 Å². The lowest BCUT2D eigenvalue weighted by molar-refractivity contribution is -0.119. The molecule has 0 atom stereocenters. The van der Waals surface area contributed by atoms with Crippen molar-refractivity contribution in [1.29, 1.82) is 0 Å². The van der Waals surface area contributed by atoms with Gasteiger partial charge < -0.3 is 5.32 Å². The average Bonchev–Trinajstić information content (AvgIpc) is 3.28. The molecule has 0 unspecified atom stereocenters. The number of carbonyl (C=O) groups excluding carboxylic acids is 1. The van der Waals surface area contributed by atoms with Gasteiger partial charge in [0, 0.05) is 27.3 Å². The number of carbonyl (C=O) groups is 1. The van der Waals surface area contributed by atoms with Crippen molar-refractivity contribution in [3.05, 3.63) is 58.6 Å². The predicted molar refractivity (Wildman–Crippen MR) is 142 cm³/mol. The highest BCUT2D eigenvalue weighted by atomic mass is 35.5. The Hall–Kier alpha value is -2.33. The number of hydrogen-bond acceptors (Lipinski definition) is 5. The minimum Gasteiger partial charge on any atom is -0.331 e. The number of hydrogen-bond donors (Lipinski definition) is 3. The Morgan fingerprint density at radius 1 is 0.971 bits per heavy atom. The monoisotopic (exact) mass is 534 g/mol. The summed E-state index contributed by atoms with van der Waals surface area (Å²) in [6, 6.07) is 15.0. The van der Waals surface area contributed by atoms with E-state index in [4.69, 9.17) is 35.4 Å². The number of thiocarbonyl (C=S) groups is 1. The van der Waals surface area contributed by atoms with Crippen LogP contribution in [-0.2, 0) is 4.79 Å². The Morgan fingerprint density at radius 3 is 2.29 bits per heavy atom. The van der Waals surface area contributed by atoms with Gasteiger partial charge in [-0.1, -0.05) is 54.2 Å². The SMILES string of the molecule is O=C(CSc1nnc(-c2ccc(Cl)cc2)n1C1CCCCC1)NNC(=S)Nc1ccc(Cl)cc1. The van der Waals surface area contributed by atoms with Gasteiger partial charge in [-0.3, -0.25) is 20.2 Å². The quantitative estimate of drug-likeness (QED) is 0.207. The van der Waals surface area contributed by atoms with Crippen LogP contribution in [0.25, 0.3) is 11.4 Å².